The molecule has 228 valence electrons. The number of aromatic nitrogens is 1. The van der Waals surface area contributed by atoms with Crippen molar-refractivity contribution in [3.63, 3.8) is 0 Å². The summed E-state index contributed by atoms with van der Waals surface area (Å²) in [5.74, 6) is -2.28. The highest BCUT2D eigenvalue weighted by Crippen LogP contribution is 2.43. The minimum Gasteiger partial charge on any atom is -0.381 e. The molecule has 5 rings (SSSR count). The maximum absolute atomic E-state index is 14.9. The average Bonchev–Trinajstić information content (AvgIpc) is 3.57. The van der Waals surface area contributed by atoms with Crippen LogP contribution < -0.4 is 16.2 Å². The van der Waals surface area contributed by atoms with Gasteiger partial charge in [-0.05, 0) is 66.1 Å². The van der Waals surface area contributed by atoms with Gasteiger partial charge in [-0.25, -0.2) is 17.6 Å². The van der Waals surface area contributed by atoms with Gasteiger partial charge in [0.15, 0.2) is 5.67 Å². The van der Waals surface area contributed by atoms with E-state index in [-0.39, 0.29) is 48.7 Å². The largest absolute Gasteiger partial charge is 0.381 e. The van der Waals surface area contributed by atoms with E-state index in [0.717, 1.165) is 32.0 Å². The van der Waals surface area contributed by atoms with Crippen molar-refractivity contribution in [2.75, 3.05) is 38.5 Å². The van der Waals surface area contributed by atoms with Gasteiger partial charge in [0.2, 0.25) is 0 Å². The first-order chi connectivity index (χ1) is 19.8. The van der Waals surface area contributed by atoms with Crippen LogP contribution in [0, 0.1) is 5.82 Å². The van der Waals surface area contributed by atoms with Gasteiger partial charge in [-0.15, -0.1) is 0 Å². The zero-order valence-corrected chi connectivity index (χ0v) is 24.1. The third-order valence-electron chi connectivity index (χ3n) is 8.88. The quantitative estimate of drug-likeness (QED) is 0.446. The molecule has 1 unspecified atom stereocenters. The van der Waals surface area contributed by atoms with Gasteiger partial charge in [-0.1, -0.05) is 18.2 Å². The van der Waals surface area contributed by atoms with Crippen molar-refractivity contribution in [2.45, 2.75) is 75.7 Å². The molecule has 3 fully saturated rings. The number of rotatable bonds is 8. The SMILES string of the molecule is C[C@@H](NC(=O)c1cn(C2(C)CCN(C(=O)C3(F)CC3)C2)c(=O)cc1NC1CCN(C)CC1)c1cccc(C(F)F)c1F. The van der Waals surface area contributed by atoms with Gasteiger partial charge in [0.25, 0.3) is 23.8 Å². The minimum atomic E-state index is -3.01. The van der Waals surface area contributed by atoms with Crippen molar-refractivity contribution in [3.05, 3.63) is 63.3 Å². The number of carbonyl (C=O) groups excluding carboxylic acids is 2. The van der Waals surface area contributed by atoms with Crippen molar-refractivity contribution in [1.82, 2.24) is 19.7 Å². The number of hydrogen-bond acceptors (Lipinski definition) is 5. The number of carbonyl (C=O) groups is 2. The molecule has 1 aromatic heterocycles. The van der Waals surface area contributed by atoms with Gasteiger partial charge in [0, 0.05) is 37.0 Å². The van der Waals surface area contributed by atoms with Crippen molar-refractivity contribution < 1.29 is 27.2 Å². The first kappa shape index (κ1) is 30.1. The molecule has 0 radical (unpaired) electrons. The summed E-state index contributed by atoms with van der Waals surface area (Å²) in [6.45, 7) is 5.36. The van der Waals surface area contributed by atoms with Crippen molar-refractivity contribution >= 4 is 17.5 Å². The van der Waals surface area contributed by atoms with Crippen molar-refractivity contribution in [1.29, 1.82) is 0 Å². The summed E-state index contributed by atoms with van der Waals surface area (Å²) in [6, 6.07) is 4.06. The fourth-order valence-electron chi connectivity index (χ4n) is 5.97. The number of halogens is 4. The second-order valence-electron chi connectivity index (χ2n) is 12.2. The van der Waals surface area contributed by atoms with Crippen LogP contribution in [-0.2, 0) is 10.3 Å². The Balaban J connectivity index is 1.45. The molecule has 1 saturated carbocycles. The molecule has 2 aliphatic heterocycles. The lowest BCUT2D eigenvalue weighted by atomic mass is 9.99. The predicted molar refractivity (Wildman–Crippen MR) is 150 cm³/mol. The summed E-state index contributed by atoms with van der Waals surface area (Å²) < 4.78 is 57.4. The molecule has 42 heavy (non-hydrogen) atoms. The Morgan fingerprint density at radius 2 is 1.74 bits per heavy atom. The standard InChI is InChI=1S/C30H37F4N5O3/c1-18(20-5-4-6-21(25(20)31)26(32)33)35-27(41)22-16-39(24(40)15-23(22)36-19-7-12-37(3)13-8-19)29(2)11-14-38(17-29)28(42)30(34)9-10-30/h4-6,15-16,18-19,26,36H,7-14,17H2,1-3H3,(H,35,41)/t18-,29?/m1/s1. The second kappa shape index (κ2) is 11.3. The van der Waals surface area contributed by atoms with Gasteiger partial charge < -0.3 is 25.0 Å². The van der Waals surface area contributed by atoms with Gasteiger partial charge in [-0.2, -0.15) is 0 Å². The number of nitrogens with zero attached hydrogens (tertiary/aromatic N) is 3. The normalized spacial score (nSPS) is 23.2. The first-order valence-corrected chi connectivity index (χ1v) is 14.4. The molecule has 3 aliphatic rings. The van der Waals surface area contributed by atoms with E-state index in [9.17, 15) is 31.9 Å². The molecular formula is C30H37F4N5O3. The Bertz CT molecular complexity index is 1420. The highest BCUT2D eigenvalue weighted by Gasteiger charge is 2.55. The van der Waals surface area contributed by atoms with E-state index in [4.69, 9.17) is 0 Å². The van der Waals surface area contributed by atoms with E-state index in [1.54, 1.807) is 6.92 Å². The van der Waals surface area contributed by atoms with E-state index < -0.39 is 46.9 Å². The predicted octanol–water partition coefficient (Wildman–Crippen LogP) is 4.37. The smallest absolute Gasteiger partial charge is 0.266 e. The summed E-state index contributed by atoms with van der Waals surface area (Å²) in [6.07, 6.45) is 0.792. The van der Waals surface area contributed by atoms with Crippen LogP contribution in [0.2, 0.25) is 0 Å². The topological polar surface area (TPSA) is 86.7 Å². The molecule has 3 heterocycles. The number of likely N-dealkylation sites (tertiary alicyclic amines) is 2. The van der Waals surface area contributed by atoms with Crippen LogP contribution in [0.25, 0.3) is 0 Å². The fraction of sp³-hybridized carbons (Fsp3) is 0.567. The van der Waals surface area contributed by atoms with E-state index in [1.165, 1.54) is 40.8 Å². The number of amides is 2. The van der Waals surface area contributed by atoms with Gasteiger partial charge in [-0.3, -0.25) is 14.4 Å². The molecule has 2 saturated heterocycles. The maximum Gasteiger partial charge on any atom is 0.266 e. The molecule has 2 aromatic rings. The molecule has 2 atom stereocenters. The van der Waals surface area contributed by atoms with E-state index in [2.05, 4.69) is 15.5 Å². The van der Waals surface area contributed by atoms with Gasteiger partial charge >= 0.3 is 0 Å². The minimum absolute atomic E-state index is 0.00931. The number of nitrogens with one attached hydrogen (secondary N) is 2. The molecule has 1 aromatic carbocycles. The number of hydrogen-bond donors (Lipinski definition) is 2. The third kappa shape index (κ3) is 5.91. The maximum atomic E-state index is 14.9. The van der Waals surface area contributed by atoms with Crippen molar-refractivity contribution in [2.24, 2.45) is 0 Å². The Hall–Kier alpha value is -3.41. The number of piperidine rings is 1. The number of benzene rings is 1. The van der Waals surface area contributed by atoms with Crippen LogP contribution in [0.4, 0.5) is 23.2 Å². The fourth-order valence-corrected chi connectivity index (χ4v) is 5.97. The number of pyridine rings is 1. The van der Waals surface area contributed by atoms with Crippen LogP contribution in [0.1, 0.15) is 79.9 Å². The molecule has 8 nitrogen and oxygen atoms in total. The lowest BCUT2D eigenvalue weighted by Crippen LogP contribution is -2.44. The second-order valence-corrected chi connectivity index (χ2v) is 12.2. The zero-order valence-electron chi connectivity index (χ0n) is 24.1. The highest BCUT2D eigenvalue weighted by molar-refractivity contribution is 5.99. The number of anilines is 1. The Morgan fingerprint density at radius 3 is 2.38 bits per heavy atom. The van der Waals surface area contributed by atoms with Crippen LogP contribution in [0.15, 0.2) is 35.3 Å². The summed E-state index contributed by atoms with van der Waals surface area (Å²) in [5, 5.41) is 6.05. The van der Waals surface area contributed by atoms with Gasteiger partial charge in [0.1, 0.15) is 5.82 Å². The van der Waals surface area contributed by atoms with E-state index >= 15 is 0 Å². The van der Waals surface area contributed by atoms with Crippen LogP contribution in [0.5, 0.6) is 0 Å². The van der Waals surface area contributed by atoms with Crippen molar-refractivity contribution in [3.8, 4) is 0 Å². The third-order valence-corrected chi connectivity index (χ3v) is 8.88. The Labute approximate surface area is 242 Å². The summed E-state index contributed by atoms with van der Waals surface area (Å²) >= 11 is 0. The van der Waals surface area contributed by atoms with Crippen LogP contribution in [0.3, 0.4) is 0 Å². The zero-order chi connectivity index (χ0) is 30.4. The number of alkyl halides is 3. The lowest BCUT2D eigenvalue weighted by Gasteiger charge is -2.32. The molecule has 12 heteroatoms. The van der Waals surface area contributed by atoms with Gasteiger partial charge in [0.05, 0.1) is 28.4 Å². The van der Waals surface area contributed by atoms with E-state index in [0.29, 0.717) is 12.1 Å². The van der Waals surface area contributed by atoms with E-state index in [1.807, 2.05) is 7.05 Å². The molecule has 0 spiro atoms. The highest BCUT2D eigenvalue weighted by atomic mass is 19.3. The molecule has 1 aliphatic carbocycles. The Morgan fingerprint density at radius 1 is 1.07 bits per heavy atom. The summed E-state index contributed by atoms with van der Waals surface area (Å²) in [4.78, 5) is 43.5. The lowest BCUT2D eigenvalue weighted by molar-refractivity contribution is -0.137. The average molecular weight is 592 g/mol. The summed E-state index contributed by atoms with van der Waals surface area (Å²) in [7, 11) is 2.02. The summed E-state index contributed by atoms with van der Waals surface area (Å²) in [5.41, 5.74) is -3.49. The molecule has 2 N–H and O–H groups in total. The monoisotopic (exact) mass is 591 g/mol. The molecule has 0 bridgehead atoms. The molecular weight excluding hydrogens is 554 g/mol. The Kier molecular flexibility index (Phi) is 8.12. The van der Waals surface area contributed by atoms with Crippen LogP contribution in [-0.4, -0.2) is 71.1 Å². The molecule has 2 amide bonds. The van der Waals surface area contributed by atoms with Crippen LogP contribution >= 0.6 is 0 Å². The first-order valence-electron chi connectivity index (χ1n) is 14.4.